The van der Waals surface area contributed by atoms with Gasteiger partial charge >= 0.3 is 0 Å². The Labute approximate surface area is 224 Å². The molecule has 3 aromatic rings. The highest BCUT2D eigenvalue weighted by Crippen LogP contribution is 2.28. The molecule has 0 atom stereocenters. The van der Waals surface area contributed by atoms with E-state index >= 15 is 0 Å². The predicted octanol–water partition coefficient (Wildman–Crippen LogP) is 5.74. The van der Waals surface area contributed by atoms with Gasteiger partial charge in [0, 0.05) is 26.9 Å². The molecule has 0 saturated carbocycles. The van der Waals surface area contributed by atoms with Gasteiger partial charge in [0.15, 0.2) is 18.1 Å². The predicted molar refractivity (Wildman–Crippen MR) is 145 cm³/mol. The number of rotatable bonds is 12. The molecule has 2 amide bonds. The minimum atomic E-state index is -0.459. The van der Waals surface area contributed by atoms with E-state index < -0.39 is 5.91 Å². The molecule has 0 aliphatic carbocycles. The number of halogens is 2. The Morgan fingerprint density at radius 3 is 2.38 bits per heavy atom. The van der Waals surface area contributed by atoms with Gasteiger partial charge < -0.3 is 19.5 Å². The van der Waals surface area contributed by atoms with E-state index in [1.807, 2.05) is 6.92 Å². The van der Waals surface area contributed by atoms with Crippen LogP contribution >= 0.6 is 23.2 Å². The minimum Gasteiger partial charge on any atom is -0.490 e. The first-order chi connectivity index (χ1) is 17.9. The molecule has 0 spiro atoms. The number of nitrogens with one attached hydrogen (secondary N) is 2. The van der Waals surface area contributed by atoms with Gasteiger partial charge in [-0.15, -0.1) is 0 Å². The summed E-state index contributed by atoms with van der Waals surface area (Å²) in [5.74, 6) is 0.473. The molecule has 0 aliphatic heterocycles. The molecule has 192 valence electrons. The number of carbonyl (C=O) groups is 2. The fourth-order valence-electron chi connectivity index (χ4n) is 3.04. The van der Waals surface area contributed by atoms with Crippen molar-refractivity contribution in [1.82, 2.24) is 5.43 Å². The minimum absolute atomic E-state index is 0.252. The molecule has 0 aliphatic rings. The maximum absolute atomic E-state index is 12.6. The third kappa shape index (κ3) is 8.56. The summed E-state index contributed by atoms with van der Waals surface area (Å²) < 4.78 is 16.8. The Hall–Kier alpha value is -4.01. The molecule has 0 aromatic heterocycles. The summed E-state index contributed by atoms with van der Waals surface area (Å²) >= 11 is 12.0. The van der Waals surface area contributed by atoms with Crippen LogP contribution in [0.25, 0.3) is 0 Å². The van der Waals surface area contributed by atoms with Crippen LogP contribution in [0.4, 0.5) is 5.69 Å². The van der Waals surface area contributed by atoms with Crippen LogP contribution < -0.4 is 25.0 Å². The molecule has 8 nitrogen and oxygen atoms in total. The van der Waals surface area contributed by atoms with E-state index in [9.17, 15) is 9.59 Å². The van der Waals surface area contributed by atoms with Crippen molar-refractivity contribution in [2.75, 3.05) is 25.1 Å². The molecule has 3 rings (SSSR count). The normalized spacial score (nSPS) is 10.6. The first-order valence-corrected chi connectivity index (χ1v) is 12.0. The zero-order valence-corrected chi connectivity index (χ0v) is 21.5. The zero-order chi connectivity index (χ0) is 26.6. The lowest BCUT2D eigenvalue weighted by Gasteiger charge is -2.12. The van der Waals surface area contributed by atoms with E-state index in [0.29, 0.717) is 57.3 Å². The van der Waals surface area contributed by atoms with Crippen molar-refractivity contribution < 1.29 is 23.8 Å². The smallest absolute Gasteiger partial charge is 0.271 e. The fourth-order valence-corrected chi connectivity index (χ4v) is 3.34. The molecule has 0 radical (unpaired) electrons. The summed E-state index contributed by atoms with van der Waals surface area (Å²) in [5.41, 5.74) is 3.84. The highest BCUT2D eigenvalue weighted by molar-refractivity contribution is 6.31. The Morgan fingerprint density at radius 1 is 0.919 bits per heavy atom. The highest BCUT2D eigenvalue weighted by Gasteiger charge is 2.12. The number of ether oxygens (including phenoxy) is 3. The molecular formula is C27H25Cl2N3O5. The lowest BCUT2D eigenvalue weighted by molar-refractivity contribution is -0.118. The van der Waals surface area contributed by atoms with Gasteiger partial charge in [-0.05, 0) is 67.6 Å². The summed E-state index contributed by atoms with van der Waals surface area (Å²) in [6.45, 7) is 5.92. The standard InChI is InChI=1S/C27H25Cl2N3O5/c1-3-13-36-24-11-5-18(15-25(24)35-4-2)27(34)32-30-16-19-14-21(29)8-12-23(19)37-17-26(33)31-22-9-6-20(28)7-10-22/h3,5-12,14-16H,1,4,13,17H2,2H3,(H,31,33)(H,32,34)/b30-16+. The summed E-state index contributed by atoms with van der Waals surface area (Å²) in [6.07, 6.45) is 2.99. The average Bonchev–Trinajstić information content (AvgIpc) is 2.89. The van der Waals surface area contributed by atoms with Crippen LogP contribution in [-0.4, -0.2) is 37.8 Å². The zero-order valence-electron chi connectivity index (χ0n) is 20.0. The molecule has 10 heteroatoms. The Kier molecular flexibility index (Phi) is 10.4. The summed E-state index contributed by atoms with van der Waals surface area (Å²) in [7, 11) is 0. The molecule has 0 saturated heterocycles. The number of nitrogens with zero attached hydrogens (tertiary/aromatic N) is 1. The second-order valence-electron chi connectivity index (χ2n) is 7.42. The van der Waals surface area contributed by atoms with Gasteiger partial charge in [-0.2, -0.15) is 5.10 Å². The second-order valence-corrected chi connectivity index (χ2v) is 8.29. The van der Waals surface area contributed by atoms with Gasteiger partial charge in [-0.1, -0.05) is 35.9 Å². The summed E-state index contributed by atoms with van der Waals surface area (Å²) in [5, 5.41) is 7.72. The molecule has 0 unspecified atom stereocenters. The number of hydrazone groups is 1. The quantitative estimate of drug-likeness (QED) is 0.173. The van der Waals surface area contributed by atoms with Crippen LogP contribution in [0.3, 0.4) is 0 Å². The molecule has 0 bridgehead atoms. The van der Waals surface area contributed by atoms with Crippen molar-refractivity contribution in [3.8, 4) is 17.2 Å². The molecular weight excluding hydrogens is 517 g/mol. The van der Waals surface area contributed by atoms with Gasteiger partial charge in [-0.3, -0.25) is 9.59 Å². The van der Waals surface area contributed by atoms with Crippen molar-refractivity contribution in [3.05, 3.63) is 94.5 Å². The Balaban J connectivity index is 1.64. The van der Waals surface area contributed by atoms with E-state index in [4.69, 9.17) is 37.4 Å². The summed E-state index contributed by atoms with van der Waals surface area (Å²) in [6, 6.07) is 16.3. The van der Waals surface area contributed by atoms with E-state index in [0.717, 1.165) is 0 Å². The Morgan fingerprint density at radius 2 is 1.65 bits per heavy atom. The molecule has 2 N–H and O–H groups in total. The van der Waals surface area contributed by atoms with Crippen LogP contribution in [0.5, 0.6) is 17.2 Å². The number of benzene rings is 3. The first kappa shape index (κ1) is 27.6. The van der Waals surface area contributed by atoms with Crippen molar-refractivity contribution >= 4 is 46.9 Å². The van der Waals surface area contributed by atoms with Crippen LogP contribution in [0.2, 0.25) is 10.0 Å². The number of amides is 2. The van der Waals surface area contributed by atoms with Gasteiger partial charge in [-0.25, -0.2) is 5.43 Å². The van der Waals surface area contributed by atoms with Crippen molar-refractivity contribution in [2.45, 2.75) is 6.92 Å². The second kappa shape index (κ2) is 13.9. The van der Waals surface area contributed by atoms with E-state index in [2.05, 4.69) is 22.4 Å². The van der Waals surface area contributed by atoms with E-state index in [1.165, 1.54) is 6.21 Å². The molecule has 3 aromatic carbocycles. The largest absolute Gasteiger partial charge is 0.490 e. The topological polar surface area (TPSA) is 98.3 Å². The van der Waals surface area contributed by atoms with Gasteiger partial charge in [0.05, 0.1) is 12.8 Å². The third-order valence-electron chi connectivity index (χ3n) is 4.69. The maximum atomic E-state index is 12.6. The number of carbonyl (C=O) groups excluding carboxylic acids is 2. The number of anilines is 1. The average molecular weight is 542 g/mol. The lowest BCUT2D eigenvalue weighted by Crippen LogP contribution is -2.20. The van der Waals surface area contributed by atoms with Crippen LogP contribution in [0.15, 0.2) is 78.4 Å². The van der Waals surface area contributed by atoms with E-state index in [-0.39, 0.29) is 12.5 Å². The lowest BCUT2D eigenvalue weighted by atomic mass is 10.2. The van der Waals surface area contributed by atoms with Gasteiger partial charge in [0.1, 0.15) is 12.4 Å². The Bertz CT molecular complexity index is 1280. The van der Waals surface area contributed by atoms with E-state index in [1.54, 1.807) is 66.7 Å². The van der Waals surface area contributed by atoms with Crippen molar-refractivity contribution in [3.63, 3.8) is 0 Å². The monoisotopic (exact) mass is 541 g/mol. The fraction of sp³-hybridized carbons (Fsp3) is 0.148. The maximum Gasteiger partial charge on any atom is 0.271 e. The number of hydrogen-bond acceptors (Lipinski definition) is 6. The highest BCUT2D eigenvalue weighted by atomic mass is 35.5. The van der Waals surface area contributed by atoms with Crippen LogP contribution in [0.1, 0.15) is 22.8 Å². The molecule has 37 heavy (non-hydrogen) atoms. The SMILES string of the molecule is C=CCOc1ccc(C(=O)N/N=C/c2cc(Cl)ccc2OCC(=O)Nc2ccc(Cl)cc2)cc1OCC. The molecule has 0 fully saturated rings. The summed E-state index contributed by atoms with van der Waals surface area (Å²) in [4.78, 5) is 24.9. The molecule has 0 heterocycles. The van der Waals surface area contributed by atoms with Crippen LogP contribution in [0, 0.1) is 0 Å². The third-order valence-corrected chi connectivity index (χ3v) is 5.18. The van der Waals surface area contributed by atoms with Gasteiger partial charge in [0.2, 0.25) is 0 Å². The first-order valence-electron chi connectivity index (χ1n) is 11.2. The van der Waals surface area contributed by atoms with Crippen molar-refractivity contribution in [2.24, 2.45) is 5.10 Å². The number of hydrogen-bond donors (Lipinski definition) is 2. The van der Waals surface area contributed by atoms with Gasteiger partial charge in [0.25, 0.3) is 11.8 Å². The van der Waals surface area contributed by atoms with Crippen LogP contribution in [-0.2, 0) is 4.79 Å². The van der Waals surface area contributed by atoms with Crippen molar-refractivity contribution in [1.29, 1.82) is 0 Å².